The van der Waals surface area contributed by atoms with Gasteiger partial charge in [-0.1, -0.05) is 29.8 Å². The van der Waals surface area contributed by atoms with E-state index in [1.807, 2.05) is 12.1 Å². The fraction of sp³-hybridized carbons (Fsp3) is 0.357. The van der Waals surface area contributed by atoms with E-state index < -0.39 is 0 Å². The molecule has 0 amide bonds. The number of rotatable bonds is 1. The molecule has 1 fully saturated rings. The van der Waals surface area contributed by atoms with Crippen molar-refractivity contribution in [1.82, 2.24) is 5.32 Å². The summed E-state index contributed by atoms with van der Waals surface area (Å²) in [6.45, 7) is 4.05. The molecule has 1 saturated heterocycles. The van der Waals surface area contributed by atoms with Crippen molar-refractivity contribution < 1.29 is 0 Å². The number of nitrogens with zero attached hydrogens (tertiary/aromatic N) is 1. The molecule has 2 nitrogen and oxygen atoms in total. The van der Waals surface area contributed by atoms with Gasteiger partial charge in [0, 0.05) is 0 Å². The highest BCUT2D eigenvalue weighted by Crippen LogP contribution is 2.24. The zero-order valence-electron chi connectivity index (χ0n) is 9.59. The van der Waals surface area contributed by atoms with Crippen LogP contribution in [0.5, 0.6) is 0 Å². The second-order valence-electron chi connectivity index (χ2n) is 4.21. The Morgan fingerprint density at radius 1 is 1.19 bits per heavy atom. The minimum atomic E-state index is 0.876. The second kappa shape index (κ2) is 4.96. The Balaban J connectivity index is 2.35. The second-order valence-corrected chi connectivity index (χ2v) is 4.21. The van der Waals surface area contributed by atoms with Gasteiger partial charge >= 0.3 is 0 Å². The van der Waals surface area contributed by atoms with Crippen LogP contribution in [0, 0.1) is 18.3 Å². The summed E-state index contributed by atoms with van der Waals surface area (Å²) in [5.41, 5.74) is 4.47. The van der Waals surface area contributed by atoms with Crippen LogP contribution in [0.25, 0.3) is 5.57 Å². The topological polar surface area (TPSA) is 35.8 Å². The monoisotopic (exact) mass is 212 g/mol. The third kappa shape index (κ3) is 2.32. The molecule has 0 atom stereocenters. The molecule has 1 aliphatic heterocycles. The van der Waals surface area contributed by atoms with Crippen molar-refractivity contribution in [2.24, 2.45) is 0 Å². The van der Waals surface area contributed by atoms with E-state index in [2.05, 4.69) is 30.4 Å². The van der Waals surface area contributed by atoms with Gasteiger partial charge in [0.2, 0.25) is 0 Å². The molecule has 2 rings (SSSR count). The Hall–Kier alpha value is -1.59. The number of hydrogen-bond acceptors (Lipinski definition) is 2. The summed E-state index contributed by atoms with van der Waals surface area (Å²) >= 11 is 0. The molecule has 0 spiro atoms. The average Bonchev–Trinajstić information content (AvgIpc) is 2.34. The minimum Gasteiger partial charge on any atom is -0.316 e. The lowest BCUT2D eigenvalue weighted by molar-refractivity contribution is 0.612. The number of aryl methyl sites for hydroxylation is 1. The Morgan fingerprint density at radius 2 is 1.81 bits per heavy atom. The van der Waals surface area contributed by atoms with Crippen molar-refractivity contribution in [3.63, 3.8) is 0 Å². The Bertz CT molecular complexity index is 427. The molecule has 1 aromatic rings. The maximum Gasteiger partial charge on any atom is 0.0997 e. The minimum absolute atomic E-state index is 0.876. The molecule has 0 aromatic heterocycles. The molecule has 82 valence electrons. The smallest absolute Gasteiger partial charge is 0.0997 e. The summed E-state index contributed by atoms with van der Waals surface area (Å²) in [4.78, 5) is 0. The highest BCUT2D eigenvalue weighted by atomic mass is 14.9. The lowest BCUT2D eigenvalue weighted by Gasteiger charge is -2.17. The Kier molecular flexibility index (Phi) is 3.38. The number of benzene rings is 1. The van der Waals surface area contributed by atoms with Crippen LogP contribution < -0.4 is 5.32 Å². The van der Waals surface area contributed by atoms with E-state index in [0.717, 1.165) is 37.1 Å². The van der Waals surface area contributed by atoms with Gasteiger partial charge in [-0.15, -0.1) is 0 Å². The quantitative estimate of drug-likeness (QED) is 0.726. The van der Waals surface area contributed by atoms with Gasteiger partial charge < -0.3 is 5.32 Å². The molecule has 2 heteroatoms. The fourth-order valence-corrected chi connectivity index (χ4v) is 2.05. The van der Waals surface area contributed by atoms with Gasteiger partial charge in [-0.05, 0) is 44.0 Å². The van der Waals surface area contributed by atoms with Crippen molar-refractivity contribution >= 4 is 5.57 Å². The predicted octanol–water partition coefficient (Wildman–Crippen LogP) is 2.66. The maximum atomic E-state index is 9.27. The first-order valence-corrected chi connectivity index (χ1v) is 5.71. The molecule has 0 unspecified atom stereocenters. The summed E-state index contributed by atoms with van der Waals surface area (Å²) in [7, 11) is 0. The van der Waals surface area contributed by atoms with Gasteiger partial charge in [0.1, 0.15) is 0 Å². The van der Waals surface area contributed by atoms with Crippen LogP contribution in [-0.4, -0.2) is 13.1 Å². The molecule has 1 heterocycles. The van der Waals surface area contributed by atoms with Gasteiger partial charge in [0.25, 0.3) is 0 Å². The maximum absolute atomic E-state index is 9.27. The summed E-state index contributed by atoms with van der Waals surface area (Å²) in [5.74, 6) is 0. The van der Waals surface area contributed by atoms with Gasteiger partial charge in [-0.2, -0.15) is 5.26 Å². The van der Waals surface area contributed by atoms with Crippen LogP contribution in [-0.2, 0) is 0 Å². The number of hydrogen-bond donors (Lipinski definition) is 1. The zero-order valence-corrected chi connectivity index (χ0v) is 9.59. The number of allylic oxidation sites excluding steroid dienone is 1. The van der Waals surface area contributed by atoms with Gasteiger partial charge in [0.05, 0.1) is 11.6 Å². The third-order valence-corrected chi connectivity index (χ3v) is 3.01. The van der Waals surface area contributed by atoms with Crippen LogP contribution in [0.1, 0.15) is 24.0 Å². The molecular formula is C14H16N2. The van der Waals surface area contributed by atoms with Crippen LogP contribution in [0.2, 0.25) is 0 Å². The molecule has 1 N–H and O–H groups in total. The van der Waals surface area contributed by atoms with Crippen LogP contribution >= 0.6 is 0 Å². The lowest BCUT2D eigenvalue weighted by Crippen LogP contribution is -2.23. The molecule has 0 radical (unpaired) electrons. The summed E-state index contributed by atoms with van der Waals surface area (Å²) < 4.78 is 0. The Labute approximate surface area is 96.6 Å². The van der Waals surface area contributed by atoms with E-state index in [4.69, 9.17) is 0 Å². The first kappa shape index (κ1) is 10.9. The fourth-order valence-electron chi connectivity index (χ4n) is 2.05. The van der Waals surface area contributed by atoms with Gasteiger partial charge in [0.15, 0.2) is 0 Å². The molecule has 16 heavy (non-hydrogen) atoms. The Morgan fingerprint density at radius 3 is 2.38 bits per heavy atom. The van der Waals surface area contributed by atoms with E-state index in [-0.39, 0.29) is 0 Å². The predicted molar refractivity (Wildman–Crippen MR) is 65.8 cm³/mol. The largest absolute Gasteiger partial charge is 0.316 e. The highest BCUT2D eigenvalue weighted by molar-refractivity contribution is 5.79. The average molecular weight is 212 g/mol. The molecule has 1 aliphatic rings. The van der Waals surface area contributed by atoms with Crippen molar-refractivity contribution in [2.45, 2.75) is 19.8 Å². The summed E-state index contributed by atoms with van der Waals surface area (Å²) in [6.07, 6.45) is 1.99. The number of nitriles is 1. The first-order valence-electron chi connectivity index (χ1n) is 5.71. The first-order chi connectivity index (χ1) is 7.81. The highest BCUT2D eigenvalue weighted by Gasteiger charge is 2.11. The summed E-state index contributed by atoms with van der Waals surface area (Å²) in [6, 6.07) is 10.6. The van der Waals surface area contributed by atoms with E-state index in [1.54, 1.807) is 0 Å². The number of nitrogens with one attached hydrogen (secondary N) is 1. The zero-order chi connectivity index (χ0) is 11.4. The van der Waals surface area contributed by atoms with Gasteiger partial charge in [-0.3, -0.25) is 0 Å². The van der Waals surface area contributed by atoms with Crippen molar-refractivity contribution in [1.29, 1.82) is 5.26 Å². The van der Waals surface area contributed by atoms with Crippen molar-refractivity contribution in [3.8, 4) is 6.07 Å². The number of piperidine rings is 1. The van der Waals surface area contributed by atoms with Crippen molar-refractivity contribution in [3.05, 3.63) is 41.0 Å². The van der Waals surface area contributed by atoms with Crippen LogP contribution in [0.4, 0.5) is 0 Å². The van der Waals surface area contributed by atoms with Crippen LogP contribution in [0.3, 0.4) is 0 Å². The molecule has 0 saturated carbocycles. The molecular weight excluding hydrogens is 196 g/mol. The summed E-state index contributed by atoms with van der Waals surface area (Å²) in [5, 5.41) is 12.6. The molecule has 0 aliphatic carbocycles. The SMILES string of the molecule is Cc1ccc(C(C#N)=C2CCNCC2)cc1. The third-order valence-electron chi connectivity index (χ3n) is 3.01. The van der Waals surface area contributed by atoms with E-state index >= 15 is 0 Å². The van der Waals surface area contributed by atoms with E-state index in [0.29, 0.717) is 0 Å². The van der Waals surface area contributed by atoms with E-state index in [9.17, 15) is 5.26 Å². The van der Waals surface area contributed by atoms with E-state index in [1.165, 1.54) is 11.1 Å². The normalized spacial score (nSPS) is 15.6. The van der Waals surface area contributed by atoms with Crippen molar-refractivity contribution in [2.75, 3.05) is 13.1 Å². The lowest BCUT2D eigenvalue weighted by atomic mass is 9.94. The van der Waals surface area contributed by atoms with Crippen LogP contribution in [0.15, 0.2) is 29.8 Å². The standard InChI is InChI=1S/C14H16N2/c1-11-2-4-12(5-3-11)14(10-15)13-6-8-16-9-7-13/h2-5,16H,6-9H2,1H3. The van der Waals surface area contributed by atoms with Gasteiger partial charge in [-0.25, -0.2) is 0 Å². The molecule has 0 bridgehead atoms. The molecule has 1 aromatic carbocycles.